The Labute approximate surface area is 119 Å². The van der Waals surface area contributed by atoms with Gasteiger partial charge in [-0.05, 0) is 52.2 Å². The molecule has 0 aromatic carbocycles. The van der Waals surface area contributed by atoms with E-state index in [0.29, 0.717) is 5.92 Å². The molecule has 3 N–H and O–H groups in total. The Morgan fingerprint density at radius 1 is 1.35 bits per heavy atom. The molecule has 0 saturated carbocycles. The SMILES string of the molecule is CN1CCC(c2nn(C(N)=O)c3c2CCCCN3)CC1. The van der Waals surface area contributed by atoms with Gasteiger partial charge in [0.05, 0.1) is 5.69 Å². The molecule has 1 aromatic rings. The zero-order valence-electron chi connectivity index (χ0n) is 12.1. The number of piperidine rings is 1. The van der Waals surface area contributed by atoms with Crippen molar-refractivity contribution in [3.8, 4) is 0 Å². The minimum absolute atomic E-state index is 0.459. The molecule has 0 unspecified atom stereocenters. The van der Waals surface area contributed by atoms with Crippen molar-refractivity contribution >= 4 is 11.8 Å². The molecule has 1 aromatic heterocycles. The third kappa shape index (κ3) is 2.40. The summed E-state index contributed by atoms with van der Waals surface area (Å²) in [5.74, 6) is 1.30. The largest absolute Gasteiger partial charge is 0.370 e. The van der Waals surface area contributed by atoms with E-state index in [4.69, 9.17) is 5.73 Å². The molecule has 6 heteroatoms. The quantitative estimate of drug-likeness (QED) is 0.813. The Kier molecular flexibility index (Phi) is 3.65. The molecule has 2 aliphatic rings. The van der Waals surface area contributed by atoms with Gasteiger partial charge in [0, 0.05) is 18.0 Å². The summed E-state index contributed by atoms with van der Waals surface area (Å²) in [6, 6.07) is -0.491. The van der Waals surface area contributed by atoms with Crippen LogP contribution in [-0.4, -0.2) is 47.4 Å². The number of hydrogen-bond donors (Lipinski definition) is 2. The number of nitrogens with zero attached hydrogens (tertiary/aromatic N) is 3. The number of hydrogen-bond acceptors (Lipinski definition) is 4. The molecule has 0 aliphatic carbocycles. The molecule has 1 fully saturated rings. The van der Waals surface area contributed by atoms with Crippen LogP contribution in [0.3, 0.4) is 0 Å². The zero-order chi connectivity index (χ0) is 14.1. The molecule has 0 bridgehead atoms. The van der Waals surface area contributed by atoms with E-state index in [9.17, 15) is 4.79 Å². The number of primary amides is 1. The highest BCUT2D eigenvalue weighted by Gasteiger charge is 2.28. The summed E-state index contributed by atoms with van der Waals surface area (Å²) in [5, 5.41) is 7.88. The number of rotatable bonds is 1. The van der Waals surface area contributed by atoms with Gasteiger partial charge in [0.25, 0.3) is 0 Å². The van der Waals surface area contributed by atoms with Gasteiger partial charge in [-0.2, -0.15) is 9.78 Å². The number of amides is 1. The summed E-state index contributed by atoms with van der Waals surface area (Å²) in [5.41, 5.74) is 7.78. The smallest absolute Gasteiger partial charge is 0.341 e. The van der Waals surface area contributed by atoms with E-state index in [-0.39, 0.29) is 0 Å². The first kappa shape index (κ1) is 13.4. The lowest BCUT2D eigenvalue weighted by Gasteiger charge is -2.28. The Morgan fingerprint density at radius 3 is 2.80 bits per heavy atom. The number of carbonyl (C=O) groups excluding carboxylic acids is 1. The first-order valence-corrected chi connectivity index (χ1v) is 7.51. The van der Waals surface area contributed by atoms with Crippen LogP contribution in [0.5, 0.6) is 0 Å². The number of nitrogens with two attached hydrogens (primary N) is 1. The normalized spacial score (nSPS) is 21.1. The van der Waals surface area contributed by atoms with Crippen LogP contribution < -0.4 is 11.1 Å². The highest BCUT2D eigenvalue weighted by molar-refractivity contribution is 5.79. The topological polar surface area (TPSA) is 76.2 Å². The van der Waals surface area contributed by atoms with E-state index in [2.05, 4.69) is 22.4 Å². The number of likely N-dealkylation sites (tertiary alicyclic amines) is 1. The van der Waals surface area contributed by atoms with Gasteiger partial charge in [0.15, 0.2) is 0 Å². The monoisotopic (exact) mass is 277 g/mol. The Hall–Kier alpha value is -1.56. The summed E-state index contributed by atoms with van der Waals surface area (Å²) in [7, 11) is 2.15. The maximum atomic E-state index is 11.6. The van der Waals surface area contributed by atoms with Gasteiger partial charge < -0.3 is 16.0 Å². The second-order valence-electron chi connectivity index (χ2n) is 5.92. The van der Waals surface area contributed by atoms with Crippen molar-refractivity contribution in [3.05, 3.63) is 11.3 Å². The maximum Gasteiger partial charge on any atom is 0.341 e. The third-order valence-electron chi connectivity index (χ3n) is 4.47. The van der Waals surface area contributed by atoms with Gasteiger partial charge in [-0.25, -0.2) is 4.79 Å². The molecular weight excluding hydrogens is 254 g/mol. The highest BCUT2D eigenvalue weighted by atomic mass is 16.2. The number of aromatic nitrogens is 2. The van der Waals surface area contributed by atoms with E-state index >= 15 is 0 Å². The van der Waals surface area contributed by atoms with Crippen LogP contribution >= 0.6 is 0 Å². The van der Waals surface area contributed by atoms with Crippen molar-refractivity contribution in [2.24, 2.45) is 5.73 Å². The highest BCUT2D eigenvalue weighted by Crippen LogP contribution is 2.34. The van der Waals surface area contributed by atoms with Crippen molar-refractivity contribution in [2.75, 3.05) is 32.0 Å². The van der Waals surface area contributed by atoms with Gasteiger partial charge in [0.2, 0.25) is 0 Å². The molecule has 110 valence electrons. The van der Waals surface area contributed by atoms with Gasteiger partial charge >= 0.3 is 6.03 Å². The van der Waals surface area contributed by atoms with Crippen LogP contribution in [0.2, 0.25) is 0 Å². The predicted octanol–water partition coefficient (Wildman–Crippen LogP) is 1.37. The Bertz CT molecular complexity index is 502. The van der Waals surface area contributed by atoms with Crippen molar-refractivity contribution in [2.45, 2.75) is 38.0 Å². The lowest BCUT2D eigenvalue weighted by atomic mass is 9.90. The lowest BCUT2D eigenvalue weighted by molar-refractivity contribution is 0.245. The Morgan fingerprint density at radius 2 is 2.10 bits per heavy atom. The fourth-order valence-corrected chi connectivity index (χ4v) is 3.30. The number of fused-ring (bicyclic) bond motifs is 1. The molecule has 0 spiro atoms. The van der Waals surface area contributed by atoms with Crippen molar-refractivity contribution in [3.63, 3.8) is 0 Å². The van der Waals surface area contributed by atoms with Crippen molar-refractivity contribution < 1.29 is 4.79 Å². The zero-order valence-corrected chi connectivity index (χ0v) is 12.1. The maximum absolute atomic E-state index is 11.6. The summed E-state index contributed by atoms with van der Waals surface area (Å²) in [4.78, 5) is 14.0. The molecular formula is C14H23N5O. The van der Waals surface area contributed by atoms with Crippen LogP contribution in [-0.2, 0) is 6.42 Å². The van der Waals surface area contributed by atoms with Crippen LogP contribution in [0, 0.1) is 0 Å². The molecule has 1 saturated heterocycles. The summed E-state index contributed by atoms with van der Waals surface area (Å²) in [6.45, 7) is 3.07. The second kappa shape index (κ2) is 5.44. The van der Waals surface area contributed by atoms with Crippen molar-refractivity contribution in [1.82, 2.24) is 14.7 Å². The number of nitrogens with one attached hydrogen (secondary N) is 1. The van der Waals surface area contributed by atoms with Gasteiger partial charge in [-0.15, -0.1) is 0 Å². The Balaban J connectivity index is 1.96. The average molecular weight is 277 g/mol. The van der Waals surface area contributed by atoms with Crippen LogP contribution in [0.25, 0.3) is 0 Å². The minimum atomic E-state index is -0.491. The van der Waals surface area contributed by atoms with E-state index in [0.717, 1.165) is 63.3 Å². The summed E-state index contributed by atoms with van der Waals surface area (Å²) < 4.78 is 1.37. The second-order valence-corrected chi connectivity index (χ2v) is 5.92. The van der Waals surface area contributed by atoms with Crippen LogP contribution in [0.1, 0.15) is 42.9 Å². The molecule has 20 heavy (non-hydrogen) atoms. The van der Waals surface area contributed by atoms with Crippen LogP contribution in [0.15, 0.2) is 0 Å². The van der Waals surface area contributed by atoms with E-state index in [1.165, 1.54) is 10.2 Å². The van der Waals surface area contributed by atoms with E-state index < -0.39 is 6.03 Å². The third-order valence-corrected chi connectivity index (χ3v) is 4.47. The molecule has 3 heterocycles. The number of anilines is 1. The fourth-order valence-electron chi connectivity index (χ4n) is 3.30. The van der Waals surface area contributed by atoms with E-state index in [1.54, 1.807) is 0 Å². The first-order chi connectivity index (χ1) is 9.66. The van der Waals surface area contributed by atoms with Gasteiger partial charge in [-0.3, -0.25) is 0 Å². The first-order valence-electron chi connectivity index (χ1n) is 7.51. The van der Waals surface area contributed by atoms with Gasteiger partial charge in [0.1, 0.15) is 5.82 Å². The standard InChI is InChI=1S/C14H23N5O/c1-18-8-5-10(6-9-18)12-11-4-2-3-7-16-13(11)19(17-12)14(15)20/h10,16H,2-9H2,1H3,(H2,15,20). The van der Waals surface area contributed by atoms with E-state index in [1.807, 2.05) is 0 Å². The average Bonchev–Trinajstić information content (AvgIpc) is 2.63. The van der Waals surface area contributed by atoms with Crippen LogP contribution in [0.4, 0.5) is 10.6 Å². The van der Waals surface area contributed by atoms with Gasteiger partial charge in [-0.1, -0.05) is 0 Å². The van der Waals surface area contributed by atoms with Crippen molar-refractivity contribution in [1.29, 1.82) is 0 Å². The lowest BCUT2D eigenvalue weighted by Crippen LogP contribution is -2.30. The molecule has 2 aliphatic heterocycles. The minimum Gasteiger partial charge on any atom is -0.370 e. The summed E-state index contributed by atoms with van der Waals surface area (Å²) in [6.07, 6.45) is 5.49. The fraction of sp³-hybridized carbons (Fsp3) is 0.714. The number of carbonyl (C=O) groups is 1. The molecule has 1 amide bonds. The molecule has 0 atom stereocenters. The molecule has 3 rings (SSSR count). The molecule has 0 radical (unpaired) electrons. The predicted molar refractivity (Wildman–Crippen MR) is 78.1 cm³/mol. The summed E-state index contributed by atoms with van der Waals surface area (Å²) >= 11 is 0. The molecule has 6 nitrogen and oxygen atoms in total.